The molecule has 4 rings (SSSR count). The molecule has 0 aromatic carbocycles. The minimum atomic E-state index is -1.48. The van der Waals surface area contributed by atoms with E-state index in [1.54, 1.807) is 6.92 Å². The number of carbonyl (C=O) groups excluding carboxylic acids is 11. The molecule has 0 spiro atoms. The predicted octanol–water partition coefficient (Wildman–Crippen LogP) is 0.470. The van der Waals surface area contributed by atoms with Crippen molar-refractivity contribution in [2.75, 3.05) is 93.4 Å². The van der Waals surface area contributed by atoms with Crippen LogP contribution in [0.25, 0.3) is 0 Å². The monoisotopic (exact) mass is 1390 g/mol. The normalized spacial score (nSPS) is 20.8. The maximum Gasteiger partial charge on any atom is 0.508 e. The van der Waals surface area contributed by atoms with Crippen molar-refractivity contribution >= 4 is 77.5 Å². The Hall–Kier alpha value is -9.01. The van der Waals surface area contributed by atoms with Gasteiger partial charge < -0.3 is 111 Å². The van der Waals surface area contributed by atoms with Crippen LogP contribution in [-0.4, -0.2) is 232 Å². The molecule has 0 aromatic rings. The molecule has 4 aliphatic heterocycles. The van der Waals surface area contributed by atoms with Gasteiger partial charge in [0.1, 0.15) is 31.7 Å². The highest BCUT2D eigenvalue weighted by molar-refractivity contribution is 5.92. The molecule has 11 atom stereocenters. The first kappa shape index (κ1) is 81.4. The van der Waals surface area contributed by atoms with Gasteiger partial charge in [0, 0.05) is 64.5 Å². The lowest BCUT2D eigenvalue weighted by Crippen LogP contribution is -2.61. The second-order valence-electron chi connectivity index (χ2n) is 23.0. The molecule has 2 fully saturated rings. The number of guanidine groups is 2. The Balaban J connectivity index is 1.20. The number of aliphatic imine (C=N–C) groups is 2. The summed E-state index contributed by atoms with van der Waals surface area (Å²) in [6.07, 6.45) is 3.07. The molecule has 4 aliphatic rings. The SMILES string of the molecule is C#CCOCCOCCOCCOCCC(=O)N[C@H](CCC(=O)CCCCCCCNC(=O)O[C@@H]([C@@H]1OC(C(=O)OC)=C[C@H](N=C(N)N)[C@H]1NC(C)=O)[C@H]1COC(=O)O1)C(=O)CCC(=O)NCCCCCCCC(=O)O[C@@H]([C@@H]1OC(C(=O)OC)=C[C@H](N=C(N)N)[C@H]1C)[C@H]1COC(=O)O1. The number of hydrogen-bond donors (Lipinski definition) is 8. The number of carbonyl (C=O) groups is 11. The van der Waals surface area contributed by atoms with Gasteiger partial charge in [-0.25, -0.2) is 34.0 Å². The predicted molar refractivity (Wildman–Crippen MR) is 342 cm³/mol. The largest absolute Gasteiger partial charge is 0.508 e. The van der Waals surface area contributed by atoms with Crippen LogP contribution >= 0.6 is 0 Å². The van der Waals surface area contributed by atoms with E-state index in [4.69, 9.17) is 95.7 Å². The van der Waals surface area contributed by atoms with Crippen LogP contribution in [0.5, 0.6) is 0 Å². The third kappa shape index (κ3) is 31.0. The molecule has 0 saturated carbocycles. The number of nitrogens with one attached hydrogen (secondary N) is 4. The topological polar surface area (TPSA) is 494 Å². The van der Waals surface area contributed by atoms with E-state index in [0.717, 1.165) is 14.2 Å². The van der Waals surface area contributed by atoms with E-state index in [2.05, 4.69) is 37.2 Å². The van der Waals surface area contributed by atoms with E-state index in [9.17, 15) is 52.7 Å². The van der Waals surface area contributed by atoms with Gasteiger partial charge in [-0.1, -0.05) is 51.4 Å². The van der Waals surface area contributed by atoms with Gasteiger partial charge in [-0.2, -0.15) is 0 Å². The fraction of sp³-hybridized carbons (Fsp3) is 0.698. The van der Waals surface area contributed by atoms with Crippen molar-refractivity contribution in [1.82, 2.24) is 21.3 Å². The molecule has 98 heavy (non-hydrogen) atoms. The fourth-order valence-electron chi connectivity index (χ4n) is 10.5. The number of rotatable bonds is 48. The molecule has 0 aliphatic carbocycles. The van der Waals surface area contributed by atoms with Gasteiger partial charge in [-0.15, -0.1) is 6.42 Å². The summed E-state index contributed by atoms with van der Waals surface area (Å²) in [7, 11) is 2.26. The summed E-state index contributed by atoms with van der Waals surface area (Å²) in [5.74, 6) is -3.83. The number of unbranched alkanes of at least 4 members (excludes halogenated alkanes) is 8. The van der Waals surface area contributed by atoms with Crippen LogP contribution in [0.1, 0.15) is 123 Å². The van der Waals surface area contributed by atoms with E-state index < -0.39 is 127 Å². The Morgan fingerprint density at radius 3 is 1.65 bits per heavy atom. The fourth-order valence-corrected chi connectivity index (χ4v) is 10.5. The third-order valence-corrected chi connectivity index (χ3v) is 15.4. The van der Waals surface area contributed by atoms with Gasteiger partial charge in [0.15, 0.2) is 48.2 Å². The molecule has 0 unspecified atom stereocenters. The average Bonchev–Trinajstić information content (AvgIpc) is 0.855. The molecule has 12 N–H and O–H groups in total. The number of terminal acetylenes is 1. The molecule has 35 heteroatoms. The summed E-state index contributed by atoms with van der Waals surface area (Å²) in [6, 6.07) is -4.11. The van der Waals surface area contributed by atoms with Crippen LogP contribution in [0, 0.1) is 18.3 Å². The number of Topliss-reactive ketones (excluding diaryl/α,β-unsaturated/α-hetero) is 2. The number of esters is 3. The molecule has 4 heterocycles. The van der Waals surface area contributed by atoms with Crippen LogP contribution in [0.3, 0.4) is 0 Å². The highest BCUT2D eigenvalue weighted by atomic mass is 16.8. The molecule has 0 aromatic heterocycles. The lowest BCUT2D eigenvalue weighted by atomic mass is 9.87. The van der Waals surface area contributed by atoms with Crippen molar-refractivity contribution < 1.29 is 119 Å². The Morgan fingerprint density at radius 2 is 1.10 bits per heavy atom. The lowest BCUT2D eigenvalue weighted by molar-refractivity contribution is -0.171. The number of cyclic esters (lactones) is 4. The van der Waals surface area contributed by atoms with E-state index in [1.807, 2.05) is 0 Å². The standard InChI is InChI=1S/C63H96N10O25/c1-6-26-87-28-30-89-32-33-90-31-29-88-27-23-50(78)71-41(44(76)21-22-49(77)68-24-15-11-8-10-14-18-51(79)97-54(47-36-91-62(83)95-47)53-38(2)42(72-59(64)65)34-45(93-53)57(80)85-4)20-19-40(75)17-13-9-7-12-16-25-69-61(82)98-55(48-37-92-63(84)96-48)56-52(70-39(3)74)43(73-60(66)67)35-46(94-56)58(81)86-5/h1,34-35,38,41-43,47-48,52-56H,7-33,36-37H2,2-5H3,(H,68,77)(H,69,82)(H,70,74)(H,71,78)(H4,64,65,72)(H4,66,67,73)/t38-,41-,42+,43+,47-,48-,52-,53-,54-,55-,56-/m1/s1. The van der Waals surface area contributed by atoms with E-state index in [0.29, 0.717) is 97.2 Å². The van der Waals surface area contributed by atoms with E-state index >= 15 is 0 Å². The van der Waals surface area contributed by atoms with Crippen LogP contribution < -0.4 is 44.2 Å². The summed E-state index contributed by atoms with van der Waals surface area (Å²) >= 11 is 0. The minimum Gasteiger partial charge on any atom is -0.479 e. The van der Waals surface area contributed by atoms with Crippen LogP contribution in [0.4, 0.5) is 14.4 Å². The maximum atomic E-state index is 13.6. The van der Waals surface area contributed by atoms with Crippen molar-refractivity contribution in [1.29, 1.82) is 0 Å². The lowest BCUT2D eigenvalue weighted by Gasteiger charge is -2.39. The number of methoxy groups -OCH3 is 2. The summed E-state index contributed by atoms with van der Waals surface area (Å²) in [5.41, 5.74) is 22.6. The van der Waals surface area contributed by atoms with Crippen molar-refractivity contribution in [3.8, 4) is 12.3 Å². The third-order valence-electron chi connectivity index (χ3n) is 15.4. The first-order valence-electron chi connectivity index (χ1n) is 32.6. The zero-order valence-electron chi connectivity index (χ0n) is 56.0. The van der Waals surface area contributed by atoms with E-state index in [-0.39, 0.29) is 120 Å². The Labute approximate surface area is 568 Å². The first-order chi connectivity index (χ1) is 47.0. The van der Waals surface area contributed by atoms with Gasteiger partial charge in [-0.05, 0) is 44.3 Å². The Morgan fingerprint density at radius 1 is 0.592 bits per heavy atom. The van der Waals surface area contributed by atoms with Gasteiger partial charge in [-0.3, -0.25) is 28.8 Å². The van der Waals surface area contributed by atoms with Gasteiger partial charge in [0.05, 0.1) is 84.6 Å². The molecule has 2 saturated heterocycles. The highest BCUT2D eigenvalue weighted by Crippen LogP contribution is 2.34. The van der Waals surface area contributed by atoms with Crippen LogP contribution in [0.15, 0.2) is 33.7 Å². The van der Waals surface area contributed by atoms with Crippen molar-refractivity contribution in [2.24, 2.45) is 38.8 Å². The Kier molecular flexibility index (Phi) is 37.8. The minimum absolute atomic E-state index is 0.00196. The second kappa shape index (κ2) is 45.5. The first-order valence-corrected chi connectivity index (χ1v) is 32.6. The van der Waals surface area contributed by atoms with Crippen molar-refractivity contribution in [3.63, 3.8) is 0 Å². The van der Waals surface area contributed by atoms with E-state index in [1.165, 1.54) is 19.1 Å². The van der Waals surface area contributed by atoms with Gasteiger partial charge in [0.25, 0.3) is 0 Å². The summed E-state index contributed by atoms with van der Waals surface area (Å²) in [4.78, 5) is 149. The zero-order chi connectivity index (χ0) is 71.8. The number of alkyl carbamates (subject to hydrolysis) is 1. The van der Waals surface area contributed by atoms with Gasteiger partial charge >= 0.3 is 36.3 Å². The smallest absolute Gasteiger partial charge is 0.479 e. The second-order valence-corrected chi connectivity index (χ2v) is 23.0. The zero-order valence-corrected chi connectivity index (χ0v) is 56.0. The summed E-state index contributed by atoms with van der Waals surface area (Å²) in [6.45, 7) is 4.79. The van der Waals surface area contributed by atoms with Crippen molar-refractivity contribution in [2.45, 2.75) is 184 Å². The number of nitrogens with two attached hydrogens (primary N) is 4. The molecular weight excluding hydrogens is 1300 g/mol. The molecular formula is C63H96N10O25. The molecule has 0 bridgehead atoms. The number of nitrogens with zero attached hydrogens (tertiary/aromatic N) is 2. The average molecular weight is 1390 g/mol. The maximum absolute atomic E-state index is 13.6. The number of ketones is 2. The quantitative estimate of drug-likeness (QED) is 0.0102. The number of amides is 4. The van der Waals surface area contributed by atoms with Crippen LogP contribution in [0.2, 0.25) is 0 Å². The summed E-state index contributed by atoms with van der Waals surface area (Å²) < 4.78 is 75.0. The number of ether oxygens (including phenoxy) is 14. The van der Waals surface area contributed by atoms with Crippen LogP contribution in [-0.2, 0) is 105 Å². The highest BCUT2D eigenvalue weighted by Gasteiger charge is 2.51. The number of hydrogen-bond acceptors (Lipinski definition) is 27. The van der Waals surface area contributed by atoms with Gasteiger partial charge in [0.2, 0.25) is 29.2 Å². The molecule has 4 amide bonds. The van der Waals surface area contributed by atoms with Crippen molar-refractivity contribution in [3.05, 3.63) is 23.7 Å². The molecule has 548 valence electrons. The molecule has 0 radical (unpaired) electrons. The summed E-state index contributed by atoms with van der Waals surface area (Å²) in [5, 5.41) is 10.8. The molecule has 35 nitrogen and oxygen atoms in total. The Bertz CT molecular complexity index is 2810.